The molecule has 0 N–H and O–H groups in total. The van der Waals surface area contributed by atoms with Crippen LogP contribution < -0.4 is 0 Å². The van der Waals surface area contributed by atoms with Gasteiger partial charge in [0.15, 0.2) is 5.11 Å². The van der Waals surface area contributed by atoms with Gasteiger partial charge in [-0.05, 0) is 42.9 Å². The van der Waals surface area contributed by atoms with E-state index in [1.165, 1.54) is 4.90 Å². The Bertz CT molecular complexity index is 586. The maximum atomic E-state index is 12.1. The van der Waals surface area contributed by atoms with Crippen LogP contribution in [0.5, 0.6) is 0 Å². The zero-order valence-corrected chi connectivity index (χ0v) is 12.8. The summed E-state index contributed by atoms with van der Waals surface area (Å²) >= 11 is 17.1. The maximum absolute atomic E-state index is 12.1. The lowest BCUT2D eigenvalue weighted by atomic mass is 10.2. The lowest BCUT2D eigenvalue weighted by Crippen LogP contribution is -2.29. The SMILES string of the molecule is CCN1C(=S)N(C)C(=O)/C1=C\c1ccc(Cl)c(Cl)c1. The normalized spacial score (nSPS) is 17.8. The van der Waals surface area contributed by atoms with Crippen LogP contribution in [-0.4, -0.2) is 34.4 Å². The molecule has 0 unspecified atom stereocenters. The molecule has 2 rings (SSSR count). The molecule has 1 aliphatic rings. The van der Waals surface area contributed by atoms with Crippen molar-refractivity contribution in [3.05, 3.63) is 39.5 Å². The first-order valence-corrected chi connectivity index (χ1v) is 6.88. The van der Waals surface area contributed by atoms with Crippen LogP contribution in [0.1, 0.15) is 12.5 Å². The first kappa shape index (κ1) is 14.3. The Labute approximate surface area is 127 Å². The van der Waals surface area contributed by atoms with Crippen LogP contribution >= 0.6 is 35.4 Å². The molecule has 0 aromatic heterocycles. The smallest absolute Gasteiger partial charge is 0.276 e. The number of carbonyl (C=O) groups excluding carboxylic acids is 1. The van der Waals surface area contributed by atoms with Gasteiger partial charge in [-0.25, -0.2) is 0 Å². The molecule has 0 atom stereocenters. The summed E-state index contributed by atoms with van der Waals surface area (Å²) in [5.41, 5.74) is 1.36. The number of amides is 1. The number of likely N-dealkylation sites (N-methyl/N-ethyl adjacent to an activating group) is 2. The Kier molecular flexibility index (Phi) is 4.13. The topological polar surface area (TPSA) is 23.6 Å². The van der Waals surface area contributed by atoms with Crippen molar-refractivity contribution in [3.63, 3.8) is 0 Å². The summed E-state index contributed by atoms with van der Waals surface area (Å²) in [6, 6.07) is 5.23. The van der Waals surface area contributed by atoms with Crippen molar-refractivity contribution in [2.75, 3.05) is 13.6 Å². The molecule has 1 heterocycles. The zero-order chi connectivity index (χ0) is 14.2. The van der Waals surface area contributed by atoms with E-state index in [1.54, 1.807) is 30.2 Å². The van der Waals surface area contributed by atoms with Crippen LogP contribution in [-0.2, 0) is 4.79 Å². The molecule has 1 aromatic rings. The van der Waals surface area contributed by atoms with Crippen LogP contribution in [0.3, 0.4) is 0 Å². The third-order valence-corrected chi connectivity index (χ3v) is 4.13. The van der Waals surface area contributed by atoms with E-state index >= 15 is 0 Å². The van der Waals surface area contributed by atoms with Gasteiger partial charge in [0.2, 0.25) is 0 Å². The average molecular weight is 315 g/mol. The second-order valence-corrected chi connectivity index (χ2v) is 5.27. The van der Waals surface area contributed by atoms with E-state index in [0.717, 1.165) is 5.56 Å². The largest absolute Gasteiger partial charge is 0.314 e. The second-order valence-electron chi connectivity index (χ2n) is 4.09. The summed E-state index contributed by atoms with van der Waals surface area (Å²) in [4.78, 5) is 15.4. The van der Waals surface area contributed by atoms with Gasteiger partial charge in [0.25, 0.3) is 5.91 Å². The standard InChI is InChI=1S/C13H12Cl2N2OS/c1-3-17-11(12(18)16(2)13(17)19)7-8-4-5-9(14)10(15)6-8/h4-7H,3H2,1-2H3/b11-7+. The molecule has 100 valence electrons. The van der Waals surface area contributed by atoms with Crippen molar-refractivity contribution in [1.29, 1.82) is 0 Å². The maximum Gasteiger partial charge on any atom is 0.276 e. The first-order valence-electron chi connectivity index (χ1n) is 5.72. The molecule has 1 saturated heterocycles. The third-order valence-electron chi connectivity index (χ3n) is 2.90. The van der Waals surface area contributed by atoms with E-state index in [1.807, 2.05) is 13.0 Å². The highest BCUT2D eigenvalue weighted by molar-refractivity contribution is 7.80. The predicted molar refractivity (Wildman–Crippen MR) is 82.2 cm³/mol. The van der Waals surface area contributed by atoms with Gasteiger partial charge in [-0.3, -0.25) is 9.69 Å². The Balaban J connectivity index is 2.43. The highest BCUT2D eigenvalue weighted by Crippen LogP contribution is 2.26. The minimum Gasteiger partial charge on any atom is -0.314 e. The first-order chi connectivity index (χ1) is 8.95. The highest BCUT2D eigenvalue weighted by Gasteiger charge is 2.34. The van der Waals surface area contributed by atoms with Crippen molar-refractivity contribution in [3.8, 4) is 0 Å². The lowest BCUT2D eigenvalue weighted by molar-refractivity contribution is -0.121. The number of halogens is 2. The van der Waals surface area contributed by atoms with Crippen molar-refractivity contribution in [1.82, 2.24) is 9.80 Å². The van der Waals surface area contributed by atoms with Gasteiger partial charge in [-0.1, -0.05) is 29.3 Å². The van der Waals surface area contributed by atoms with Crippen molar-refractivity contribution < 1.29 is 4.79 Å². The number of rotatable bonds is 2. The molecule has 0 aliphatic carbocycles. The lowest BCUT2D eigenvalue weighted by Gasteiger charge is -2.15. The Morgan fingerprint density at radius 3 is 2.58 bits per heavy atom. The van der Waals surface area contributed by atoms with E-state index in [9.17, 15) is 4.79 Å². The molecule has 0 radical (unpaired) electrons. The van der Waals surface area contributed by atoms with Crippen LogP contribution in [0.2, 0.25) is 10.0 Å². The number of nitrogens with zero attached hydrogens (tertiary/aromatic N) is 2. The molecule has 0 saturated carbocycles. The van der Waals surface area contributed by atoms with Crippen molar-refractivity contribution >= 4 is 52.5 Å². The molecule has 0 bridgehead atoms. The fourth-order valence-corrected chi connectivity index (χ4v) is 2.48. The Hall–Kier alpha value is -1.10. The van der Waals surface area contributed by atoms with Crippen LogP contribution in [0.25, 0.3) is 6.08 Å². The fraction of sp³-hybridized carbons (Fsp3) is 0.231. The van der Waals surface area contributed by atoms with Crippen molar-refractivity contribution in [2.45, 2.75) is 6.92 Å². The molecule has 0 spiro atoms. The summed E-state index contributed by atoms with van der Waals surface area (Å²) in [5.74, 6) is -0.113. The van der Waals surface area contributed by atoms with Gasteiger partial charge in [0.1, 0.15) is 5.70 Å². The predicted octanol–water partition coefficient (Wildman–Crippen LogP) is 3.41. The van der Waals surface area contributed by atoms with E-state index in [2.05, 4.69) is 0 Å². The summed E-state index contributed by atoms with van der Waals surface area (Å²) in [5, 5.41) is 1.46. The van der Waals surface area contributed by atoms with Gasteiger partial charge < -0.3 is 4.90 Å². The van der Waals surface area contributed by atoms with E-state index in [0.29, 0.717) is 27.4 Å². The Morgan fingerprint density at radius 1 is 1.32 bits per heavy atom. The molecule has 6 heteroatoms. The van der Waals surface area contributed by atoms with Gasteiger partial charge >= 0.3 is 0 Å². The average Bonchev–Trinajstić information content (AvgIpc) is 2.58. The minimum atomic E-state index is -0.113. The molecule has 3 nitrogen and oxygen atoms in total. The highest BCUT2D eigenvalue weighted by atomic mass is 35.5. The van der Waals surface area contributed by atoms with E-state index in [-0.39, 0.29) is 5.91 Å². The summed E-state index contributed by atoms with van der Waals surface area (Å²) in [7, 11) is 1.67. The molecular weight excluding hydrogens is 303 g/mol. The number of benzene rings is 1. The molecule has 1 aliphatic heterocycles. The molecule has 1 aromatic carbocycles. The van der Waals surface area contributed by atoms with Gasteiger partial charge in [-0.15, -0.1) is 0 Å². The summed E-state index contributed by atoms with van der Waals surface area (Å²) in [6.45, 7) is 2.59. The Morgan fingerprint density at radius 2 is 2.00 bits per heavy atom. The number of carbonyl (C=O) groups is 1. The second kappa shape index (κ2) is 5.49. The van der Waals surface area contributed by atoms with Crippen molar-refractivity contribution in [2.24, 2.45) is 0 Å². The molecule has 19 heavy (non-hydrogen) atoms. The fourth-order valence-electron chi connectivity index (χ4n) is 1.86. The quantitative estimate of drug-likeness (QED) is 0.617. The van der Waals surface area contributed by atoms with Crippen LogP contribution in [0.15, 0.2) is 23.9 Å². The number of hydrogen-bond acceptors (Lipinski definition) is 2. The third kappa shape index (κ3) is 2.61. The van der Waals surface area contributed by atoms with Gasteiger partial charge in [0, 0.05) is 13.6 Å². The molecule has 1 fully saturated rings. The zero-order valence-electron chi connectivity index (χ0n) is 10.5. The van der Waals surface area contributed by atoms with Gasteiger partial charge in [0.05, 0.1) is 10.0 Å². The molecule has 1 amide bonds. The van der Waals surface area contributed by atoms with Gasteiger partial charge in [-0.2, -0.15) is 0 Å². The molecular formula is C13H12Cl2N2OS. The van der Waals surface area contributed by atoms with Crippen LogP contribution in [0.4, 0.5) is 0 Å². The van der Waals surface area contributed by atoms with E-state index in [4.69, 9.17) is 35.4 Å². The summed E-state index contributed by atoms with van der Waals surface area (Å²) in [6.07, 6.45) is 1.77. The van der Waals surface area contributed by atoms with E-state index < -0.39 is 0 Å². The summed E-state index contributed by atoms with van der Waals surface area (Å²) < 4.78 is 0. The number of hydrogen-bond donors (Lipinski definition) is 0. The monoisotopic (exact) mass is 314 g/mol. The minimum absolute atomic E-state index is 0.113. The number of thiocarbonyl (C=S) groups is 1. The van der Waals surface area contributed by atoms with Crippen LogP contribution in [0, 0.1) is 0 Å².